The second kappa shape index (κ2) is 7.80. The lowest BCUT2D eigenvalue weighted by molar-refractivity contribution is 0.484. The van der Waals surface area contributed by atoms with E-state index in [0.29, 0.717) is 6.04 Å². The standard InChI is InChI=1S/C13H25N3S/c1-4-5-6-7-10(2)15-8-12-9-17-13(16-12)11(3)14/h9-11,15H,4-8,14H2,1-3H3. The predicted molar refractivity (Wildman–Crippen MR) is 75.2 cm³/mol. The van der Waals surface area contributed by atoms with Crippen LogP contribution in [-0.2, 0) is 6.54 Å². The Labute approximate surface area is 109 Å². The molecule has 2 atom stereocenters. The SMILES string of the molecule is CCCCCC(C)NCc1csc(C(C)N)n1. The smallest absolute Gasteiger partial charge is 0.109 e. The number of nitrogens with one attached hydrogen (secondary N) is 1. The lowest BCUT2D eigenvalue weighted by atomic mass is 10.1. The molecule has 0 fully saturated rings. The molecule has 0 saturated carbocycles. The fraction of sp³-hybridized carbons (Fsp3) is 0.769. The summed E-state index contributed by atoms with van der Waals surface area (Å²) in [7, 11) is 0. The van der Waals surface area contributed by atoms with Crippen molar-refractivity contribution in [3.05, 3.63) is 16.1 Å². The van der Waals surface area contributed by atoms with Gasteiger partial charge in [-0.3, -0.25) is 0 Å². The molecule has 1 heterocycles. The number of aromatic nitrogens is 1. The van der Waals surface area contributed by atoms with E-state index in [-0.39, 0.29) is 6.04 Å². The molecule has 0 aliphatic heterocycles. The van der Waals surface area contributed by atoms with Crippen LogP contribution in [0.3, 0.4) is 0 Å². The molecule has 98 valence electrons. The fourth-order valence-electron chi connectivity index (χ4n) is 1.69. The highest BCUT2D eigenvalue weighted by Crippen LogP contribution is 2.15. The number of nitrogens with two attached hydrogens (primary N) is 1. The van der Waals surface area contributed by atoms with Gasteiger partial charge in [0.2, 0.25) is 0 Å². The van der Waals surface area contributed by atoms with Gasteiger partial charge in [-0.1, -0.05) is 26.2 Å². The summed E-state index contributed by atoms with van der Waals surface area (Å²) >= 11 is 1.65. The van der Waals surface area contributed by atoms with E-state index in [2.05, 4.69) is 29.5 Å². The molecule has 0 aliphatic carbocycles. The van der Waals surface area contributed by atoms with Crippen LogP contribution < -0.4 is 11.1 Å². The van der Waals surface area contributed by atoms with E-state index in [0.717, 1.165) is 17.2 Å². The maximum atomic E-state index is 5.79. The summed E-state index contributed by atoms with van der Waals surface area (Å²) in [5, 5.41) is 6.64. The number of unbranched alkanes of at least 4 members (excludes halogenated alkanes) is 2. The van der Waals surface area contributed by atoms with Crippen LogP contribution >= 0.6 is 11.3 Å². The Morgan fingerprint density at radius 2 is 2.18 bits per heavy atom. The van der Waals surface area contributed by atoms with E-state index in [9.17, 15) is 0 Å². The molecule has 4 heteroatoms. The van der Waals surface area contributed by atoms with Crippen molar-refractivity contribution in [2.24, 2.45) is 5.73 Å². The number of hydrogen-bond acceptors (Lipinski definition) is 4. The first kappa shape index (κ1) is 14.6. The summed E-state index contributed by atoms with van der Waals surface area (Å²) in [6, 6.07) is 0.623. The fourth-order valence-corrected chi connectivity index (χ4v) is 2.47. The van der Waals surface area contributed by atoms with E-state index in [1.807, 2.05) is 6.92 Å². The topological polar surface area (TPSA) is 50.9 Å². The van der Waals surface area contributed by atoms with Crippen molar-refractivity contribution in [3.8, 4) is 0 Å². The molecule has 0 radical (unpaired) electrons. The van der Waals surface area contributed by atoms with Crippen LogP contribution in [0.15, 0.2) is 5.38 Å². The monoisotopic (exact) mass is 255 g/mol. The molecule has 17 heavy (non-hydrogen) atoms. The van der Waals surface area contributed by atoms with Crippen molar-refractivity contribution < 1.29 is 0 Å². The van der Waals surface area contributed by atoms with Gasteiger partial charge in [0, 0.05) is 18.0 Å². The van der Waals surface area contributed by atoms with Gasteiger partial charge in [0.25, 0.3) is 0 Å². The largest absolute Gasteiger partial charge is 0.322 e. The van der Waals surface area contributed by atoms with Crippen LogP contribution in [-0.4, -0.2) is 11.0 Å². The number of nitrogens with zero attached hydrogens (tertiary/aromatic N) is 1. The van der Waals surface area contributed by atoms with Gasteiger partial charge in [-0.25, -0.2) is 4.98 Å². The minimum Gasteiger partial charge on any atom is -0.322 e. The van der Waals surface area contributed by atoms with E-state index < -0.39 is 0 Å². The minimum absolute atomic E-state index is 0.0516. The minimum atomic E-state index is 0.0516. The molecular formula is C13H25N3S. The van der Waals surface area contributed by atoms with Gasteiger partial charge >= 0.3 is 0 Å². The predicted octanol–water partition coefficient (Wildman–Crippen LogP) is 3.22. The lowest BCUT2D eigenvalue weighted by Crippen LogP contribution is -2.25. The van der Waals surface area contributed by atoms with Gasteiger partial charge in [0.05, 0.1) is 11.7 Å². The van der Waals surface area contributed by atoms with E-state index in [1.54, 1.807) is 11.3 Å². The maximum absolute atomic E-state index is 5.79. The van der Waals surface area contributed by atoms with Crippen molar-refractivity contribution in [1.29, 1.82) is 0 Å². The highest BCUT2D eigenvalue weighted by molar-refractivity contribution is 7.09. The zero-order valence-corrected chi connectivity index (χ0v) is 12.0. The van der Waals surface area contributed by atoms with Gasteiger partial charge in [-0.05, 0) is 20.3 Å². The molecule has 1 rings (SSSR count). The Hall–Kier alpha value is -0.450. The Bertz CT molecular complexity index is 309. The summed E-state index contributed by atoms with van der Waals surface area (Å²) < 4.78 is 0. The van der Waals surface area contributed by atoms with E-state index in [4.69, 9.17) is 5.73 Å². The molecular weight excluding hydrogens is 230 g/mol. The van der Waals surface area contributed by atoms with Crippen molar-refractivity contribution in [2.75, 3.05) is 0 Å². The number of thiazole rings is 1. The highest BCUT2D eigenvalue weighted by atomic mass is 32.1. The van der Waals surface area contributed by atoms with Crippen molar-refractivity contribution in [1.82, 2.24) is 10.3 Å². The second-order valence-corrected chi connectivity index (χ2v) is 5.63. The van der Waals surface area contributed by atoms with Crippen LogP contribution in [0, 0.1) is 0 Å². The van der Waals surface area contributed by atoms with Crippen LogP contribution in [0.5, 0.6) is 0 Å². The van der Waals surface area contributed by atoms with Gasteiger partial charge in [-0.15, -0.1) is 11.3 Å². The molecule has 3 N–H and O–H groups in total. The summed E-state index contributed by atoms with van der Waals surface area (Å²) in [4.78, 5) is 4.51. The first-order valence-electron chi connectivity index (χ1n) is 6.56. The third-order valence-electron chi connectivity index (χ3n) is 2.83. The van der Waals surface area contributed by atoms with E-state index in [1.165, 1.54) is 25.7 Å². The summed E-state index contributed by atoms with van der Waals surface area (Å²) in [5.74, 6) is 0. The molecule has 0 aromatic carbocycles. The first-order valence-corrected chi connectivity index (χ1v) is 7.44. The molecule has 0 amide bonds. The molecule has 0 spiro atoms. The summed E-state index contributed by atoms with van der Waals surface area (Å²) in [5.41, 5.74) is 6.91. The molecule has 0 aliphatic rings. The maximum Gasteiger partial charge on any atom is 0.109 e. The summed E-state index contributed by atoms with van der Waals surface area (Å²) in [6.07, 6.45) is 5.18. The average molecular weight is 255 g/mol. The molecule has 1 aromatic heterocycles. The molecule has 2 unspecified atom stereocenters. The average Bonchev–Trinajstić information content (AvgIpc) is 2.75. The van der Waals surface area contributed by atoms with Gasteiger partial charge in [0.1, 0.15) is 5.01 Å². The van der Waals surface area contributed by atoms with Crippen LogP contribution in [0.1, 0.15) is 63.2 Å². The third kappa shape index (κ3) is 5.61. The Morgan fingerprint density at radius 1 is 1.41 bits per heavy atom. The van der Waals surface area contributed by atoms with Crippen molar-refractivity contribution in [2.45, 2.75) is 65.1 Å². The molecule has 0 bridgehead atoms. The molecule has 0 saturated heterocycles. The van der Waals surface area contributed by atoms with Gasteiger partial charge in [0.15, 0.2) is 0 Å². The normalized spacial score (nSPS) is 14.8. The third-order valence-corrected chi connectivity index (χ3v) is 3.93. The molecule has 1 aromatic rings. The second-order valence-electron chi connectivity index (χ2n) is 4.74. The summed E-state index contributed by atoms with van der Waals surface area (Å²) in [6.45, 7) is 7.32. The highest BCUT2D eigenvalue weighted by Gasteiger charge is 2.07. The van der Waals surface area contributed by atoms with Crippen molar-refractivity contribution in [3.63, 3.8) is 0 Å². The Morgan fingerprint density at radius 3 is 2.76 bits per heavy atom. The number of rotatable bonds is 8. The quantitative estimate of drug-likeness (QED) is 0.701. The van der Waals surface area contributed by atoms with Crippen LogP contribution in [0.4, 0.5) is 0 Å². The zero-order chi connectivity index (χ0) is 12.7. The first-order chi connectivity index (χ1) is 8.13. The van der Waals surface area contributed by atoms with Gasteiger partial charge < -0.3 is 11.1 Å². The lowest BCUT2D eigenvalue weighted by Gasteiger charge is -2.12. The van der Waals surface area contributed by atoms with E-state index >= 15 is 0 Å². The van der Waals surface area contributed by atoms with Crippen LogP contribution in [0.2, 0.25) is 0 Å². The number of hydrogen-bond donors (Lipinski definition) is 2. The zero-order valence-electron chi connectivity index (χ0n) is 11.2. The van der Waals surface area contributed by atoms with Crippen LogP contribution in [0.25, 0.3) is 0 Å². The van der Waals surface area contributed by atoms with Gasteiger partial charge in [-0.2, -0.15) is 0 Å². The van der Waals surface area contributed by atoms with Crippen molar-refractivity contribution >= 4 is 11.3 Å². The molecule has 3 nitrogen and oxygen atoms in total. The Kier molecular flexibility index (Phi) is 6.70. The Balaban J connectivity index is 2.24.